The second kappa shape index (κ2) is 4.74. The van der Waals surface area contributed by atoms with Gasteiger partial charge in [0.2, 0.25) is 0 Å². The molecule has 0 fully saturated rings. The molecule has 2 aromatic heterocycles. The first-order valence-corrected chi connectivity index (χ1v) is 4.86. The molecule has 0 aliphatic heterocycles. The zero-order valence-corrected chi connectivity index (χ0v) is 10.9. The number of hydrogen-bond donors (Lipinski definition) is 1. The Labute approximate surface area is 110 Å². The number of rotatable bonds is 1. The molecule has 2 aromatic rings. The minimum Gasteiger partial charge on any atom is -0.768 e. The predicted molar refractivity (Wildman–Crippen MR) is 48.3 cm³/mol. The van der Waals surface area contributed by atoms with E-state index in [9.17, 15) is 8.76 Å². The van der Waals surface area contributed by atoms with Gasteiger partial charge in [-0.2, -0.15) is 0 Å². The van der Waals surface area contributed by atoms with Crippen molar-refractivity contribution < 1.29 is 38.3 Å². The average Bonchev–Trinajstić information content (AvgIpc) is 2.49. The molecule has 1 unspecified atom stereocenters. The molecule has 0 aliphatic rings. The van der Waals surface area contributed by atoms with E-state index in [0.29, 0.717) is 16.1 Å². The van der Waals surface area contributed by atoms with E-state index in [1.165, 1.54) is 12.4 Å². The monoisotopic (exact) mass is 238 g/mol. The third kappa shape index (κ3) is 2.03. The number of pyridine rings is 1. The molecule has 0 spiro atoms. The summed E-state index contributed by atoms with van der Waals surface area (Å²) in [4.78, 5) is 6.80. The number of aromatic amines is 1. The molecule has 0 radical (unpaired) electrons. The summed E-state index contributed by atoms with van der Waals surface area (Å²) in [6.45, 7) is 0. The molecule has 0 bridgehead atoms. The smallest absolute Gasteiger partial charge is 0.768 e. The van der Waals surface area contributed by atoms with Crippen molar-refractivity contribution in [2.45, 2.75) is 4.90 Å². The molecule has 2 rings (SSSR count). The van der Waals surface area contributed by atoms with E-state index in [1.807, 2.05) is 0 Å². The molecule has 0 amide bonds. The van der Waals surface area contributed by atoms with Crippen molar-refractivity contribution >= 4 is 33.7 Å². The van der Waals surface area contributed by atoms with E-state index >= 15 is 0 Å². The van der Waals surface area contributed by atoms with Gasteiger partial charge in [-0.3, -0.25) is 4.21 Å². The standard InChI is InChI=1S/C7H5ClN2O2S.Na/c8-4-1-2-9-7-6(4)5(3-10-7)13(11)12;/h1-3H,(H,9,10)(H,11,12);/q;+1/p-1. The van der Waals surface area contributed by atoms with Gasteiger partial charge in [0, 0.05) is 12.4 Å². The first-order valence-electron chi connectivity index (χ1n) is 3.41. The van der Waals surface area contributed by atoms with Crippen molar-refractivity contribution in [2.75, 3.05) is 0 Å². The Bertz CT molecular complexity index is 487. The molecule has 7 heteroatoms. The maximum absolute atomic E-state index is 10.7. The summed E-state index contributed by atoms with van der Waals surface area (Å²) in [5, 5.41) is 0.822. The molecule has 0 saturated carbocycles. The molecule has 14 heavy (non-hydrogen) atoms. The van der Waals surface area contributed by atoms with E-state index in [0.717, 1.165) is 0 Å². The van der Waals surface area contributed by atoms with Gasteiger partial charge in [0.05, 0.1) is 15.3 Å². The van der Waals surface area contributed by atoms with Crippen LogP contribution in [-0.2, 0) is 11.1 Å². The van der Waals surface area contributed by atoms with Gasteiger partial charge in [0.1, 0.15) is 5.65 Å². The molecular formula is C7H4ClN2NaO2S. The fraction of sp³-hybridized carbons (Fsp3) is 0. The number of H-pyrrole nitrogens is 1. The van der Waals surface area contributed by atoms with E-state index in [1.54, 1.807) is 6.07 Å². The fourth-order valence-corrected chi connectivity index (χ4v) is 1.95. The van der Waals surface area contributed by atoms with Crippen molar-refractivity contribution in [3.63, 3.8) is 0 Å². The van der Waals surface area contributed by atoms with Gasteiger partial charge in [0.15, 0.2) is 0 Å². The van der Waals surface area contributed by atoms with E-state index in [4.69, 9.17) is 11.6 Å². The Hall–Kier alpha value is 0.0900. The van der Waals surface area contributed by atoms with Crippen LogP contribution in [0.5, 0.6) is 0 Å². The summed E-state index contributed by atoms with van der Waals surface area (Å²) >= 11 is 3.53. The van der Waals surface area contributed by atoms with Crippen LogP contribution in [-0.4, -0.2) is 18.7 Å². The van der Waals surface area contributed by atoms with Crippen molar-refractivity contribution in [2.24, 2.45) is 0 Å². The Kier molecular flexibility index (Phi) is 4.12. The van der Waals surface area contributed by atoms with Crippen molar-refractivity contribution in [3.05, 3.63) is 23.5 Å². The second-order valence-corrected chi connectivity index (χ2v) is 3.72. The fourth-order valence-electron chi connectivity index (χ4n) is 1.12. The Morgan fingerprint density at radius 1 is 1.57 bits per heavy atom. The first kappa shape index (κ1) is 12.2. The molecule has 2 heterocycles. The third-order valence-electron chi connectivity index (χ3n) is 1.67. The summed E-state index contributed by atoms with van der Waals surface area (Å²) in [5.74, 6) is 0. The molecule has 68 valence electrons. The van der Waals surface area contributed by atoms with Crippen LogP contribution in [0, 0.1) is 0 Å². The van der Waals surface area contributed by atoms with Crippen molar-refractivity contribution in [3.8, 4) is 0 Å². The summed E-state index contributed by atoms with van der Waals surface area (Å²) in [6.07, 6.45) is 2.88. The van der Waals surface area contributed by atoms with Gasteiger partial charge in [-0.25, -0.2) is 4.98 Å². The SMILES string of the molecule is O=S([O-])c1c[nH]c2nccc(Cl)c12.[Na+]. The summed E-state index contributed by atoms with van der Waals surface area (Å²) < 4.78 is 21.4. The second-order valence-electron chi connectivity index (χ2n) is 2.40. The molecule has 0 aromatic carbocycles. The number of halogens is 1. The van der Waals surface area contributed by atoms with Crippen LogP contribution in [0.25, 0.3) is 11.0 Å². The Morgan fingerprint density at radius 3 is 2.93 bits per heavy atom. The molecule has 1 atom stereocenters. The number of fused-ring (bicyclic) bond motifs is 1. The van der Waals surface area contributed by atoms with Gasteiger partial charge in [-0.05, 0) is 17.1 Å². The topological polar surface area (TPSA) is 68.8 Å². The minimum atomic E-state index is -2.29. The van der Waals surface area contributed by atoms with Gasteiger partial charge < -0.3 is 9.54 Å². The molecule has 0 aliphatic carbocycles. The number of nitrogens with one attached hydrogen (secondary N) is 1. The van der Waals surface area contributed by atoms with Crippen LogP contribution in [0.1, 0.15) is 0 Å². The van der Waals surface area contributed by atoms with Gasteiger partial charge in [-0.1, -0.05) is 11.6 Å². The summed E-state index contributed by atoms with van der Waals surface area (Å²) in [5.41, 5.74) is 0.478. The van der Waals surface area contributed by atoms with Gasteiger partial charge >= 0.3 is 29.6 Å². The predicted octanol–water partition coefficient (Wildman–Crippen LogP) is -1.54. The largest absolute Gasteiger partial charge is 1.00 e. The Balaban J connectivity index is 0.000000980. The van der Waals surface area contributed by atoms with Crippen molar-refractivity contribution in [1.29, 1.82) is 0 Å². The van der Waals surface area contributed by atoms with Crippen LogP contribution in [0.4, 0.5) is 0 Å². The van der Waals surface area contributed by atoms with Crippen LogP contribution in [0.2, 0.25) is 5.02 Å². The normalized spacial score (nSPS) is 12.4. The van der Waals surface area contributed by atoms with Gasteiger partial charge in [0.25, 0.3) is 0 Å². The Morgan fingerprint density at radius 2 is 2.29 bits per heavy atom. The molecule has 1 N–H and O–H groups in total. The zero-order chi connectivity index (χ0) is 9.42. The zero-order valence-electron chi connectivity index (χ0n) is 7.28. The summed E-state index contributed by atoms with van der Waals surface area (Å²) in [6, 6.07) is 1.55. The van der Waals surface area contributed by atoms with E-state index in [-0.39, 0.29) is 34.5 Å². The molecular weight excluding hydrogens is 235 g/mol. The van der Waals surface area contributed by atoms with Crippen LogP contribution < -0.4 is 29.6 Å². The quantitative estimate of drug-likeness (QED) is 0.484. The number of hydrogen-bond acceptors (Lipinski definition) is 3. The number of aromatic nitrogens is 2. The third-order valence-corrected chi connectivity index (χ3v) is 2.66. The first-order chi connectivity index (χ1) is 6.20. The maximum atomic E-state index is 10.7. The minimum absolute atomic E-state index is 0. The molecule has 0 saturated heterocycles. The number of nitrogens with zero attached hydrogens (tertiary/aromatic N) is 1. The summed E-state index contributed by atoms with van der Waals surface area (Å²) in [7, 11) is 0. The van der Waals surface area contributed by atoms with Crippen LogP contribution in [0.15, 0.2) is 23.4 Å². The maximum Gasteiger partial charge on any atom is 1.00 e. The van der Waals surface area contributed by atoms with E-state index in [2.05, 4.69) is 9.97 Å². The van der Waals surface area contributed by atoms with Gasteiger partial charge in [-0.15, -0.1) is 0 Å². The molecule has 4 nitrogen and oxygen atoms in total. The van der Waals surface area contributed by atoms with Crippen LogP contribution >= 0.6 is 11.6 Å². The van der Waals surface area contributed by atoms with E-state index < -0.39 is 11.1 Å². The van der Waals surface area contributed by atoms with Crippen LogP contribution in [0.3, 0.4) is 0 Å². The average molecular weight is 239 g/mol. The van der Waals surface area contributed by atoms with Crippen molar-refractivity contribution in [1.82, 2.24) is 9.97 Å².